The first-order valence-corrected chi connectivity index (χ1v) is 9.54. The quantitative estimate of drug-likeness (QED) is 0.594. The van der Waals surface area contributed by atoms with Gasteiger partial charge in [0.1, 0.15) is 17.2 Å². The standard InChI is InChI=1S/C24H26N2O3/c1-26(2)17-20-9-7-6-8-19(20)16-25-24(27)18-28-21-12-14-23(15-13-21)29-22-10-4-3-5-11-22/h3-15H,16-18H2,1-2H3,(H,25,27). The lowest BCUT2D eigenvalue weighted by atomic mass is 10.1. The van der Waals surface area contributed by atoms with E-state index in [1.165, 1.54) is 5.56 Å². The van der Waals surface area contributed by atoms with Gasteiger partial charge in [-0.3, -0.25) is 4.79 Å². The van der Waals surface area contributed by atoms with Crippen molar-refractivity contribution in [2.24, 2.45) is 0 Å². The van der Waals surface area contributed by atoms with E-state index in [0.717, 1.165) is 17.9 Å². The molecule has 150 valence electrons. The molecule has 3 rings (SSSR count). The Morgan fingerprint density at radius 3 is 2.07 bits per heavy atom. The highest BCUT2D eigenvalue weighted by Crippen LogP contribution is 2.23. The lowest BCUT2D eigenvalue weighted by Crippen LogP contribution is -2.29. The largest absolute Gasteiger partial charge is 0.484 e. The van der Waals surface area contributed by atoms with Crippen molar-refractivity contribution in [3.05, 3.63) is 90.0 Å². The van der Waals surface area contributed by atoms with Crippen LogP contribution in [-0.4, -0.2) is 31.5 Å². The maximum Gasteiger partial charge on any atom is 0.258 e. The van der Waals surface area contributed by atoms with Crippen molar-refractivity contribution >= 4 is 5.91 Å². The minimum Gasteiger partial charge on any atom is -0.484 e. The van der Waals surface area contributed by atoms with Crippen LogP contribution in [0.15, 0.2) is 78.9 Å². The number of hydrogen-bond acceptors (Lipinski definition) is 4. The fourth-order valence-corrected chi connectivity index (χ4v) is 2.85. The molecular weight excluding hydrogens is 364 g/mol. The summed E-state index contributed by atoms with van der Waals surface area (Å²) in [6.07, 6.45) is 0. The van der Waals surface area contributed by atoms with E-state index in [9.17, 15) is 4.79 Å². The Morgan fingerprint density at radius 2 is 1.38 bits per heavy atom. The molecule has 0 radical (unpaired) electrons. The summed E-state index contributed by atoms with van der Waals surface area (Å²) in [5.74, 6) is 1.95. The molecule has 1 N–H and O–H groups in total. The minimum absolute atomic E-state index is 0.0330. The van der Waals surface area contributed by atoms with Gasteiger partial charge in [0.15, 0.2) is 6.61 Å². The Bertz CT molecular complexity index is 909. The summed E-state index contributed by atoms with van der Waals surface area (Å²) in [4.78, 5) is 14.3. The van der Waals surface area contributed by atoms with Gasteiger partial charge < -0.3 is 19.7 Å². The molecule has 1 amide bonds. The van der Waals surface area contributed by atoms with Crippen LogP contribution in [-0.2, 0) is 17.9 Å². The highest BCUT2D eigenvalue weighted by atomic mass is 16.5. The first-order chi connectivity index (χ1) is 14.1. The summed E-state index contributed by atoms with van der Waals surface area (Å²) in [7, 11) is 4.05. The molecule has 3 aromatic rings. The van der Waals surface area contributed by atoms with Crippen LogP contribution in [0.5, 0.6) is 17.2 Å². The van der Waals surface area contributed by atoms with Crippen molar-refractivity contribution in [3.63, 3.8) is 0 Å². The number of amides is 1. The van der Waals surface area contributed by atoms with Crippen molar-refractivity contribution in [2.75, 3.05) is 20.7 Å². The van der Waals surface area contributed by atoms with E-state index in [1.807, 2.05) is 74.8 Å². The van der Waals surface area contributed by atoms with Gasteiger partial charge in [-0.25, -0.2) is 0 Å². The topological polar surface area (TPSA) is 50.8 Å². The molecule has 0 heterocycles. The van der Waals surface area contributed by atoms with Gasteiger partial charge in [0.2, 0.25) is 0 Å². The predicted octanol–water partition coefficient (Wildman–Crippen LogP) is 4.24. The maximum absolute atomic E-state index is 12.2. The second-order valence-electron chi connectivity index (χ2n) is 6.96. The van der Waals surface area contributed by atoms with E-state index < -0.39 is 0 Å². The van der Waals surface area contributed by atoms with Gasteiger partial charge in [0.25, 0.3) is 5.91 Å². The number of rotatable bonds is 9. The fourth-order valence-electron chi connectivity index (χ4n) is 2.85. The summed E-state index contributed by atoms with van der Waals surface area (Å²) in [5, 5.41) is 2.92. The van der Waals surface area contributed by atoms with Gasteiger partial charge in [-0.2, -0.15) is 0 Å². The number of para-hydroxylation sites is 1. The van der Waals surface area contributed by atoms with Gasteiger partial charge in [0.05, 0.1) is 0 Å². The number of nitrogens with one attached hydrogen (secondary N) is 1. The molecule has 0 bridgehead atoms. The third-order valence-electron chi connectivity index (χ3n) is 4.25. The summed E-state index contributed by atoms with van der Waals surface area (Å²) in [6.45, 7) is 1.28. The normalized spacial score (nSPS) is 10.6. The van der Waals surface area contributed by atoms with Crippen LogP contribution in [0, 0.1) is 0 Å². The molecule has 0 aromatic heterocycles. The second-order valence-corrected chi connectivity index (χ2v) is 6.96. The molecule has 0 fully saturated rings. The van der Waals surface area contributed by atoms with Crippen molar-refractivity contribution in [1.82, 2.24) is 10.2 Å². The molecule has 0 aliphatic heterocycles. The lowest BCUT2D eigenvalue weighted by Gasteiger charge is -2.15. The van der Waals surface area contributed by atoms with Gasteiger partial charge in [0, 0.05) is 13.1 Å². The molecule has 0 saturated carbocycles. The number of hydrogen-bond donors (Lipinski definition) is 1. The highest BCUT2D eigenvalue weighted by molar-refractivity contribution is 5.77. The van der Waals surface area contributed by atoms with E-state index in [2.05, 4.69) is 16.3 Å². The molecule has 5 heteroatoms. The van der Waals surface area contributed by atoms with Crippen molar-refractivity contribution in [2.45, 2.75) is 13.1 Å². The van der Waals surface area contributed by atoms with Crippen LogP contribution < -0.4 is 14.8 Å². The maximum atomic E-state index is 12.2. The summed E-state index contributed by atoms with van der Waals surface area (Å²) < 4.78 is 11.3. The van der Waals surface area contributed by atoms with Crippen molar-refractivity contribution in [1.29, 1.82) is 0 Å². The number of nitrogens with zero attached hydrogens (tertiary/aromatic N) is 1. The zero-order valence-electron chi connectivity index (χ0n) is 16.8. The first kappa shape index (κ1) is 20.4. The van der Waals surface area contributed by atoms with Gasteiger partial charge in [-0.15, -0.1) is 0 Å². The van der Waals surface area contributed by atoms with Crippen LogP contribution in [0.4, 0.5) is 0 Å². The Balaban J connectivity index is 1.46. The number of carbonyl (C=O) groups excluding carboxylic acids is 1. The third kappa shape index (κ3) is 6.66. The molecule has 0 spiro atoms. The lowest BCUT2D eigenvalue weighted by molar-refractivity contribution is -0.123. The van der Waals surface area contributed by atoms with Crippen molar-refractivity contribution in [3.8, 4) is 17.2 Å². The number of ether oxygens (including phenoxy) is 2. The highest BCUT2D eigenvalue weighted by Gasteiger charge is 2.07. The molecule has 3 aromatic carbocycles. The van der Waals surface area contributed by atoms with Gasteiger partial charge >= 0.3 is 0 Å². The minimum atomic E-state index is -0.158. The van der Waals surface area contributed by atoms with Crippen LogP contribution in [0.25, 0.3) is 0 Å². The predicted molar refractivity (Wildman–Crippen MR) is 114 cm³/mol. The summed E-state index contributed by atoms with van der Waals surface area (Å²) >= 11 is 0. The van der Waals surface area contributed by atoms with Crippen LogP contribution in [0.2, 0.25) is 0 Å². The molecule has 5 nitrogen and oxygen atoms in total. The summed E-state index contributed by atoms with van der Waals surface area (Å²) in [6, 6.07) is 24.9. The van der Waals surface area contributed by atoms with Crippen LogP contribution in [0.3, 0.4) is 0 Å². The van der Waals surface area contributed by atoms with E-state index in [-0.39, 0.29) is 12.5 Å². The monoisotopic (exact) mass is 390 g/mol. The molecule has 0 aliphatic rings. The Labute approximate surface area is 171 Å². The third-order valence-corrected chi connectivity index (χ3v) is 4.25. The molecule has 0 unspecified atom stereocenters. The average molecular weight is 390 g/mol. The zero-order chi connectivity index (χ0) is 20.5. The molecule has 0 aliphatic carbocycles. The summed E-state index contributed by atoms with van der Waals surface area (Å²) in [5.41, 5.74) is 2.31. The van der Waals surface area contributed by atoms with E-state index in [1.54, 1.807) is 12.1 Å². The van der Waals surface area contributed by atoms with Crippen LogP contribution in [0.1, 0.15) is 11.1 Å². The first-order valence-electron chi connectivity index (χ1n) is 9.54. The van der Waals surface area contributed by atoms with E-state index in [0.29, 0.717) is 18.0 Å². The number of benzene rings is 3. The average Bonchev–Trinajstić information content (AvgIpc) is 2.73. The van der Waals surface area contributed by atoms with E-state index in [4.69, 9.17) is 9.47 Å². The number of carbonyl (C=O) groups is 1. The smallest absolute Gasteiger partial charge is 0.258 e. The van der Waals surface area contributed by atoms with E-state index >= 15 is 0 Å². The molecule has 29 heavy (non-hydrogen) atoms. The van der Waals surface area contributed by atoms with Gasteiger partial charge in [-0.05, 0) is 61.6 Å². The van der Waals surface area contributed by atoms with Gasteiger partial charge in [-0.1, -0.05) is 42.5 Å². The van der Waals surface area contributed by atoms with Crippen LogP contribution >= 0.6 is 0 Å². The molecule has 0 saturated heterocycles. The van der Waals surface area contributed by atoms with Crippen molar-refractivity contribution < 1.29 is 14.3 Å². The fraction of sp³-hybridized carbons (Fsp3) is 0.208. The Morgan fingerprint density at radius 1 is 0.793 bits per heavy atom. The molecular formula is C24H26N2O3. The Hall–Kier alpha value is -3.31. The second kappa shape index (κ2) is 10.3. The zero-order valence-corrected chi connectivity index (χ0v) is 16.8. The molecule has 0 atom stereocenters. The SMILES string of the molecule is CN(C)Cc1ccccc1CNC(=O)COc1ccc(Oc2ccccc2)cc1. The Kier molecular flexibility index (Phi) is 7.25.